The summed E-state index contributed by atoms with van der Waals surface area (Å²) < 4.78 is 0. The lowest BCUT2D eigenvalue weighted by Gasteiger charge is -2.16. The summed E-state index contributed by atoms with van der Waals surface area (Å²) in [4.78, 5) is 34.5. The number of carboxylic acids is 1. The van der Waals surface area contributed by atoms with Crippen LogP contribution in [0, 0.1) is 0 Å². The summed E-state index contributed by atoms with van der Waals surface area (Å²) in [7, 11) is 0. The highest BCUT2D eigenvalue weighted by Gasteiger charge is 2.31. The van der Waals surface area contributed by atoms with Gasteiger partial charge in [0.15, 0.2) is 6.04 Å². The first-order valence-electron chi connectivity index (χ1n) is 5.44. The number of hydrogen-bond acceptors (Lipinski definition) is 4. The molecule has 1 aromatic heterocycles. The number of aliphatic carboxylic acids is 1. The fourth-order valence-corrected chi connectivity index (χ4v) is 2.53. The zero-order valence-electron chi connectivity index (χ0n) is 9.38. The largest absolute Gasteiger partial charge is 0.479 e. The number of nitrogens with one attached hydrogen (secondary N) is 2. The van der Waals surface area contributed by atoms with Crippen molar-refractivity contribution in [2.75, 3.05) is 0 Å². The van der Waals surface area contributed by atoms with E-state index in [0.29, 0.717) is 17.7 Å². The van der Waals surface area contributed by atoms with Crippen LogP contribution in [-0.2, 0) is 14.4 Å². The van der Waals surface area contributed by atoms with Gasteiger partial charge in [-0.1, -0.05) is 6.07 Å². The first kappa shape index (κ1) is 12.6. The van der Waals surface area contributed by atoms with Crippen molar-refractivity contribution in [3.05, 3.63) is 22.4 Å². The SMILES string of the molecule is O=C1CCC(C(=O)NC(C(=O)O)c2cccs2)N1. The summed E-state index contributed by atoms with van der Waals surface area (Å²) in [6, 6.07) is 1.69. The van der Waals surface area contributed by atoms with Gasteiger partial charge in [0, 0.05) is 11.3 Å². The Labute approximate surface area is 107 Å². The lowest BCUT2D eigenvalue weighted by molar-refractivity contribution is -0.142. The lowest BCUT2D eigenvalue weighted by atomic mass is 10.2. The predicted molar refractivity (Wildman–Crippen MR) is 64.0 cm³/mol. The third kappa shape index (κ3) is 2.67. The minimum absolute atomic E-state index is 0.182. The monoisotopic (exact) mass is 268 g/mol. The summed E-state index contributed by atoms with van der Waals surface area (Å²) in [6.07, 6.45) is 0.705. The van der Waals surface area contributed by atoms with Gasteiger partial charge in [0.2, 0.25) is 11.8 Å². The normalized spacial score (nSPS) is 20.2. The van der Waals surface area contributed by atoms with Crippen LogP contribution in [0.15, 0.2) is 17.5 Å². The van der Waals surface area contributed by atoms with Crippen LogP contribution in [0.3, 0.4) is 0 Å². The van der Waals surface area contributed by atoms with Crippen molar-refractivity contribution in [1.82, 2.24) is 10.6 Å². The molecule has 1 fully saturated rings. The quantitative estimate of drug-likeness (QED) is 0.730. The molecule has 0 saturated carbocycles. The molecule has 96 valence electrons. The second kappa shape index (κ2) is 5.18. The Bertz CT molecular complexity index is 471. The van der Waals surface area contributed by atoms with Crippen molar-refractivity contribution in [3.8, 4) is 0 Å². The Morgan fingerprint density at radius 3 is 2.83 bits per heavy atom. The van der Waals surface area contributed by atoms with E-state index in [1.54, 1.807) is 17.5 Å². The third-order valence-corrected chi connectivity index (χ3v) is 3.61. The third-order valence-electron chi connectivity index (χ3n) is 2.67. The van der Waals surface area contributed by atoms with Gasteiger partial charge < -0.3 is 15.7 Å². The van der Waals surface area contributed by atoms with Gasteiger partial charge in [0.25, 0.3) is 0 Å². The predicted octanol–water partition coefficient (Wildman–Crippen LogP) is 0.269. The Balaban J connectivity index is 2.04. The average molecular weight is 268 g/mol. The smallest absolute Gasteiger partial charge is 0.331 e. The number of hydrogen-bond donors (Lipinski definition) is 3. The number of amides is 2. The maximum atomic E-state index is 11.8. The molecule has 6 nitrogen and oxygen atoms in total. The van der Waals surface area contributed by atoms with E-state index in [-0.39, 0.29) is 5.91 Å². The maximum Gasteiger partial charge on any atom is 0.331 e. The van der Waals surface area contributed by atoms with Crippen LogP contribution in [0.1, 0.15) is 23.8 Å². The fraction of sp³-hybridized carbons (Fsp3) is 0.364. The van der Waals surface area contributed by atoms with Gasteiger partial charge in [-0.05, 0) is 17.9 Å². The maximum absolute atomic E-state index is 11.8. The molecule has 2 amide bonds. The summed E-state index contributed by atoms with van der Waals surface area (Å²) >= 11 is 1.26. The van der Waals surface area contributed by atoms with Crippen LogP contribution in [0.25, 0.3) is 0 Å². The molecular weight excluding hydrogens is 256 g/mol. The van der Waals surface area contributed by atoms with Crippen LogP contribution in [-0.4, -0.2) is 28.9 Å². The fourth-order valence-electron chi connectivity index (χ4n) is 1.76. The highest BCUT2D eigenvalue weighted by atomic mass is 32.1. The van der Waals surface area contributed by atoms with E-state index in [1.165, 1.54) is 11.3 Å². The zero-order chi connectivity index (χ0) is 13.1. The van der Waals surface area contributed by atoms with Gasteiger partial charge >= 0.3 is 5.97 Å². The van der Waals surface area contributed by atoms with Crippen molar-refractivity contribution in [1.29, 1.82) is 0 Å². The molecule has 18 heavy (non-hydrogen) atoms. The Kier molecular flexibility index (Phi) is 3.61. The van der Waals surface area contributed by atoms with Crippen LogP contribution in [0.4, 0.5) is 0 Å². The standard InChI is InChI=1S/C11H12N2O4S/c14-8-4-3-6(12-8)10(15)13-9(11(16)17)7-2-1-5-18-7/h1-2,5-6,9H,3-4H2,(H,12,14)(H,13,15)(H,16,17). The first-order valence-corrected chi connectivity index (χ1v) is 6.32. The van der Waals surface area contributed by atoms with Crippen molar-refractivity contribution < 1.29 is 19.5 Å². The minimum Gasteiger partial charge on any atom is -0.479 e. The Morgan fingerprint density at radius 1 is 1.56 bits per heavy atom. The molecule has 1 aliphatic rings. The molecule has 1 aliphatic heterocycles. The van der Waals surface area contributed by atoms with Gasteiger partial charge in [-0.2, -0.15) is 0 Å². The van der Waals surface area contributed by atoms with E-state index in [0.717, 1.165) is 0 Å². The average Bonchev–Trinajstić information content (AvgIpc) is 2.95. The molecule has 1 aromatic rings. The molecule has 0 aliphatic carbocycles. The van der Waals surface area contributed by atoms with Gasteiger partial charge in [-0.3, -0.25) is 9.59 Å². The van der Waals surface area contributed by atoms with Crippen LogP contribution in [0.2, 0.25) is 0 Å². The molecule has 7 heteroatoms. The molecule has 2 heterocycles. The number of rotatable bonds is 4. The van der Waals surface area contributed by atoms with E-state index >= 15 is 0 Å². The van der Waals surface area contributed by atoms with Gasteiger partial charge in [0.05, 0.1) is 0 Å². The molecule has 2 rings (SSSR count). The molecule has 0 radical (unpaired) electrons. The van der Waals surface area contributed by atoms with Gasteiger partial charge in [-0.25, -0.2) is 4.79 Å². The number of thiophene rings is 1. The number of carboxylic acid groups (broad SMARTS) is 1. The molecule has 0 spiro atoms. The van der Waals surface area contributed by atoms with E-state index in [1.807, 2.05) is 0 Å². The molecular formula is C11H12N2O4S. The molecule has 2 unspecified atom stereocenters. The zero-order valence-corrected chi connectivity index (χ0v) is 10.2. The Hall–Kier alpha value is -1.89. The number of carbonyl (C=O) groups is 3. The highest BCUT2D eigenvalue weighted by Crippen LogP contribution is 2.20. The lowest BCUT2D eigenvalue weighted by Crippen LogP contribution is -2.44. The second-order valence-corrected chi connectivity index (χ2v) is 4.93. The summed E-state index contributed by atoms with van der Waals surface area (Å²) in [5, 5.41) is 15.8. The van der Waals surface area contributed by atoms with Crippen molar-refractivity contribution in [2.24, 2.45) is 0 Å². The molecule has 2 atom stereocenters. The van der Waals surface area contributed by atoms with E-state index in [9.17, 15) is 14.4 Å². The van der Waals surface area contributed by atoms with Crippen LogP contribution in [0.5, 0.6) is 0 Å². The van der Waals surface area contributed by atoms with E-state index in [2.05, 4.69) is 10.6 Å². The highest BCUT2D eigenvalue weighted by molar-refractivity contribution is 7.10. The second-order valence-electron chi connectivity index (χ2n) is 3.95. The van der Waals surface area contributed by atoms with Gasteiger partial charge in [0.1, 0.15) is 6.04 Å². The summed E-state index contributed by atoms with van der Waals surface area (Å²) in [6.45, 7) is 0. The van der Waals surface area contributed by atoms with E-state index < -0.39 is 24.0 Å². The molecule has 0 bridgehead atoms. The van der Waals surface area contributed by atoms with Crippen molar-refractivity contribution in [2.45, 2.75) is 24.9 Å². The van der Waals surface area contributed by atoms with Crippen molar-refractivity contribution >= 4 is 29.1 Å². The number of carbonyl (C=O) groups excluding carboxylic acids is 2. The van der Waals surface area contributed by atoms with Gasteiger partial charge in [-0.15, -0.1) is 11.3 Å². The van der Waals surface area contributed by atoms with E-state index in [4.69, 9.17) is 5.11 Å². The van der Waals surface area contributed by atoms with Crippen molar-refractivity contribution in [3.63, 3.8) is 0 Å². The van der Waals surface area contributed by atoms with Crippen LogP contribution >= 0.6 is 11.3 Å². The summed E-state index contributed by atoms with van der Waals surface area (Å²) in [5.74, 6) is -1.75. The summed E-state index contributed by atoms with van der Waals surface area (Å²) in [5.41, 5.74) is 0. The molecule has 0 aromatic carbocycles. The first-order chi connectivity index (χ1) is 8.58. The topological polar surface area (TPSA) is 95.5 Å². The molecule has 3 N–H and O–H groups in total. The Morgan fingerprint density at radius 2 is 2.33 bits per heavy atom. The minimum atomic E-state index is -1.12. The molecule has 1 saturated heterocycles. The van der Waals surface area contributed by atoms with Crippen LogP contribution < -0.4 is 10.6 Å².